The summed E-state index contributed by atoms with van der Waals surface area (Å²) in [5.41, 5.74) is 1.32. The molecule has 0 aromatic heterocycles. The molecule has 2 aliphatic rings. The van der Waals surface area contributed by atoms with Gasteiger partial charge in [0, 0.05) is 6.08 Å². The van der Waals surface area contributed by atoms with E-state index in [1.165, 1.54) is 24.3 Å². The molecule has 1 saturated heterocycles. The van der Waals surface area contributed by atoms with Gasteiger partial charge in [-0.3, -0.25) is 0 Å². The molecule has 0 saturated carbocycles. The molecule has 3 rings (SSSR count). The first-order valence-electron chi connectivity index (χ1n) is 10.8. The average Bonchev–Trinajstić information content (AvgIpc) is 3.10. The number of phenols is 1. The minimum Gasteiger partial charge on any atom is -0.508 e. The molecule has 1 heterocycles. The molecule has 190 valence electrons. The lowest BCUT2D eigenvalue weighted by atomic mass is 9.99. The zero-order valence-corrected chi connectivity index (χ0v) is 18.9. The van der Waals surface area contributed by atoms with E-state index in [1.54, 1.807) is 19.1 Å². The zero-order valence-electron chi connectivity index (χ0n) is 18.9. The summed E-state index contributed by atoms with van der Waals surface area (Å²) in [6.45, 7) is 0.892. The molecule has 0 spiro atoms. The smallest absolute Gasteiger partial charge is 0.335 e. The molecule has 11 nitrogen and oxygen atoms in total. The van der Waals surface area contributed by atoms with Crippen LogP contribution in [0, 0.1) is 0 Å². The van der Waals surface area contributed by atoms with Gasteiger partial charge in [0.15, 0.2) is 6.29 Å². The van der Waals surface area contributed by atoms with Crippen molar-refractivity contribution in [1.29, 1.82) is 0 Å². The molecule has 6 atom stereocenters. The second kappa shape index (κ2) is 11.6. The molecular weight excluding hydrogens is 464 g/mol. The van der Waals surface area contributed by atoms with Gasteiger partial charge in [0.25, 0.3) is 0 Å². The van der Waals surface area contributed by atoms with Crippen molar-refractivity contribution in [3.05, 3.63) is 58.7 Å². The van der Waals surface area contributed by atoms with Gasteiger partial charge in [-0.1, -0.05) is 23.8 Å². The van der Waals surface area contributed by atoms with Gasteiger partial charge in [-0.05, 0) is 42.7 Å². The highest BCUT2D eigenvalue weighted by molar-refractivity contribution is 5.94. The van der Waals surface area contributed by atoms with Crippen molar-refractivity contribution in [2.45, 2.75) is 50.2 Å². The standard InChI is InChI=1S/C24H28O11/c1-12-10-16(26)15(19(12)23(31)32)8-9-33-24-22(30)21(29)20(28)17(35-24)11-34-18(27)7-4-13-2-5-14(25)6-3-13/h2-8,16-17,20-22,24-26,28-30H,9-11H2,1H3,(H,31,32)/t16-,17-,20-,21+,22-,24+/m1/s1. The maximum atomic E-state index is 12.0. The monoisotopic (exact) mass is 492 g/mol. The van der Waals surface area contributed by atoms with Gasteiger partial charge in [0.2, 0.25) is 0 Å². The Kier molecular flexibility index (Phi) is 8.78. The van der Waals surface area contributed by atoms with E-state index in [-0.39, 0.29) is 29.9 Å². The fourth-order valence-corrected chi connectivity index (χ4v) is 3.85. The van der Waals surface area contributed by atoms with Crippen LogP contribution in [0.2, 0.25) is 0 Å². The van der Waals surface area contributed by atoms with Crippen molar-refractivity contribution >= 4 is 18.0 Å². The second-order valence-electron chi connectivity index (χ2n) is 8.24. The molecule has 0 radical (unpaired) electrons. The van der Waals surface area contributed by atoms with Gasteiger partial charge in [-0.25, -0.2) is 9.59 Å². The molecule has 1 aliphatic carbocycles. The number of carbonyl (C=O) groups is 2. The van der Waals surface area contributed by atoms with Crippen LogP contribution in [0.25, 0.3) is 6.08 Å². The van der Waals surface area contributed by atoms with Crippen molar-refractivity contribution < 1.29 is 54.4 Å². The van der Waals surface area contributed by atoms with E-state index < -0.39 is 55.4 Å². The summed E-state index contributed by atoms with van der Waals surface area (Å²) in [6.07, 6.45) is -4.39. The average molecular weight is 492 g/mol. The largest absolute Gasteiger partial charge is 0.508 e. The Hall–Kier alpha value is -3.06. The molecule has 35 heavy (non-hydrogen) atoms. The van der Waals surface area contributed by atoms with E-state index in [1.807, 2.05) is 0 Å². The highest BCUT2D eigenvalue weighted by Gasteiger charge is 2.44. The fourth-order valence-electron chi connectivity index (χ4n) is 3.85. The lowest BCUT2D eigenvalue weighted by molar-refractivity contribution is -0.299. The van der Waals surface area contributed by atoms with Crippen LogP contribution < -0.4 is 0 Å². The molecule has 0 amide bonds. The molecule has 0 unspecified atom stereocenters. The van der Waals surface area contributed by atoms with E-state index >= 15 is 0 Å². The van der Waals surface area contributed by atoms with Crippen LogP contribution in [-0.4, -0.2) is 92.6 Å². The van der Waals surface area contributed by atoms with E-state index in [4.69, 9.17) is 14.2 Å². The number of aliphatic hydroxyl groups is 4. The lowest BCUT2D eigenvalue weighted by Crippen LogP contribution is -2.59. The molecule has 0 bridgehead atoms. The molecule has 1 aromatic carbocycles. The van der Waals surface area contributed by atoms with Crippen LogP contribution in [0.1, 0.15) is 18.9 Å². The number of benzene rings is 1. The van der Waals surface area contributed by atoms with Crippen LogP contribution >= 0.6 is 0 Å². The van der Waals surface area contributed by atoms with Gasteiger partial charge < -0.3 is 44.8 Å². The van der Waals surface area contributed by atoms with Crippen molar-refractivity contribution in [2.24, 2.45) is 0 Å². The van der Waals surface area contributed by atoms with Crippen LogP contribution in [0.5, 0.6) is 5.75 Å². The Morgan fingerprint density at radius 1 is 1.09 bits per heavy atom. The maximum Gasteiger partial charge on any atom is 0.335 e. The molecule has 1 aliphatic heterocycles. The first-order chi connectivity index (χ1) is 16.6. The molecule has 11 heteroatoms. The summed E-state index contributed by atoms with van der Waals surface area (Å²) in [6, 6.07) is 6.08. The summed E-state index contributed by atoms with van der Waals surface area (Å²) < 4.78 is 15.9. The predicted molar refractivity (Wildman–Crippen MR) is 120 cm³/mol. The number of hydrogen-bond acceptors (Lipinski definition) is 10. The van der Waals surface area contributed by atoms with Crippen LogP contribution in [0.15, 0.2) is 53.1 Å². The molecular formula is C24H28O11. The van der Waals surface area contributed by atoms with E-state index in [9.17, 15) is 40.2 Å². The van der Waals surface area contributed by atoms with Gasteiger partial charge in [-0.15, -0.1) is 0 Å². The van der Waals surface area contributed by atoms with Gasteiger partial charge in [0.05, 0.1) is 18.3 Å². The number of carbonyl (C=O) groups excluding carboxylic acids is 1. The van der Waals surface area contributed by atoms with Crippen molar-refractivity contribution in [2.75, 3.05) is 13.2 Å². The normalized spacial score (nSPS) is 30.3. The number of aromatic hydroxyl groups is 1. The third-order valence-electron chi connectivity index (χ3n) is 5.71. The number of carboxylic acid groups (broad SMARTS) is 1. The van der Waals surface area contributed by atoms with Crippen LogP contribution in [0.3, 0.4) is 0 Å². The summed E-state index contributed by atoms with van der Waals surface area (Å²) >= 11 is 0. The Morgan fingerprint density at radius 2 is 1.77 bits per heavy atom. The minimum absolute atomic E-state index is 0.00758. The van der Waals surface area contributed by atoms with Crippen LogP contribution in [-0.2, 0) is 23.8 Å². The molecule has 1 fully saturated rings. The van der Waals surface area contributed by atoms with Crippen molar-refractivity contribution in [3.63, 3.8) is 0 Å². The summed E-state index contributed by atoms with van der Waals surface area (Å²) in [5.74, 6) is -1.86. The number of esters is 1. The van der Waals surface area contributed by atoms with Crippen molar-refractivity contribution in [1.82, 2.24) is 0 Å². The third kappa shape index (κ3) is 6.54. The first-order valence-corrected chi connectivity index (χ1v) is 10.8. The third-order valence-corrected chi connectivity index (χ3v) is 5.71. The second-order valence-corrected chi connectivity index (χ2v) is 8.24. The predicted octanol–water partition coefficient (Wildman–Crippen LogP) is -0.135. The number of rotatable bonds is 8. The number of aliphatic hydroxyl groups excluding tert-OH is 4. The Bertz CT molecular complexity index is 1010. The number of aliphatic carboxylic acids is 1. The Balaban J connectivity index is 1.57. The Morgan fingerprint density at radius 3 is 2.43 bits per heavy atom. The van der Waals surface area contributed by atoms with Gasteiger partial charge in [0.1, 0.15) is 36.8 Å². The summed E-state index contributed by atoms with van der Waals surface area (Å²) in [4.78, 5) is 23.4. The SMILES string of the molecule is CC1=C(C(=O)O)C(=CCO[C@H]2O[C@H](COC(=O)C=Cc3ccc(O)cc3)[C@@H](O)[C@H](O)[C@H]2O)[C@H](O)C1. The van der Waals surface area contributed by atoms with Gasteiger partial charge >= 0.3 is 11.9 Å². The summed E-state index contributed by atoms with van der Waals surface area (Å²) in [5, 5.41) is 59.2. The first kappa shape index (κ1) is 26.5. The quantitative estimate of drug-likeness (QED) is 0.210. The van der Waals surface area contributed by atoms with Crippen LogP contribution in [0.4, 0.5) is 0 Å². The van der Waals surface area contributed by atoms with E-state index in [0.29, 0.717) is 11.1 Å². The van der Waals surface area contributed by atoms with E-state index in [0.717, 1.165) is 6.08 Å². The highest BCUT2D eigenvalue weighted by Crippen LogP contribution is 2.32. The molecule has 1 aromatic rings. The topological polar surface area (TPSA) is 183 Å². The number of hydrogen-bond donors (Lipinski definition) is 6. The maximum absolute atomic E-state index is 12.0. The van der Waals surface area contributed by atoms with E-state index in [2.05, 4.69) is 0 Å². The highest BCUT2D eigenvalue weighted by atomic mass is 16.7. The Labute approximate surface area is 200 Å². The van der Waals surface area contributed by atoms with Gasteiger partial charge in [-0.2, -0.15) is 0 Å². The number of ether oxygens (including phenoxy) is 3. The summed E-state index contributed by atoms with van der Waals surface area (Å²) in [7, 11) is 0. The fraction of sp³-hybridized carbons (Fsp3) is 0.417. The lowest BCUT2D eigenvalue weighted by Gasteiger charge is -2.39. The zero-order chi connectivity index (χ0) is 25.7. The number of carboxylic acids is 1. The minimum atomic E-state index is -1.66. The van der Waals surface area contributed by atoms with Crippen molar-refractivity contribution in [3.8, 4) is 5.75 Å². The number of phenolic OH excluding ortho intramolecular Hbond substituents is 1. The molecule has 6 N–H and O–H groups in total.